The van der Waals surface area contributed by atoms with Gasteiger partial charge in [-0.25, -0.2) is 8.42 Å². The molecule has 19 heavy (non-hydrogen) atoms. The van der Waals surface area contributed by atoms with Gasteiger partial charge >= 0.3 is 0 Å². The van der Waals surface area contributed by atoms with Gasteiger partial charge in [-0.05, 0) is 43.7 Å². The average Bonchev–Trinajstić information content (AvgIpc) is 2.90. The van der Waals surface area contributed by atoms with Gasteiger partial charge in [-0.3, -0.25) is 0 Å². The molecule has 1 atom stereocenters. The van der Waals surface area contributed by atoms with Crippen LogP contribution < -0.4 is 10.1 Å². The van der Waals surface area contributed by atoms with Crippen molar-refractivity contribution < 1.29 is 13.2 Å². The molecule has 106 valence electrons. The SMILES string of the molecule is COc1ccc(S(=O)(=O)N(C)C2CCNC2)c(C)c1. The summed E-state index contributed by atoms with van der Waals surface area (Å²) in [5.41, 5.74) is 0.706. The Hall–Kier alpha value is -1.11. The summed E-state index contributed by atoms with van der Waals surface area (Å²) in [6.07, 6.45) is 0.852. The van der Waals surface area contributed by atoms with Crippen molar-refractivity contribution in [1.29, 1.82) is 0 Å². The normalized spacial score (nSPS) is 19.9. The van der Waals surface area contributed by atoms with Crippen LogP contribution in [0.2, 0.25) is 0 Å². The third-order valence-corrected chi connectivity index (χ3v) is 5.66. The minimum atomic E-state index is -3.44. The molecule has 0 saturated carbocycles. The molecule has 2 rings (SSSR count). The summed E-state index contributed by atoms with van der Waals surface area (Å²) in [4.78, 5) is 0.350. The molecule has 1 fully saturated rings. The minimum absolute atomic E-state index is 0.0338. The Labute approximate surface area is 114 Å². The standard InChI is InChI=1S/C13H20N2O3S/c1-10-8-12(18-3)4-5-13(10)19(16,17)15(2)11-6-7-14-9-11/h4-5,8,11,14H,6-7,9H2,1-3H3. The zero-order valence-electron chi connectivity index (χ0n) is 11.5. The van der Waals surface area contributed by atoms with Gasteiger partial charge in [0.25, 0.3) is 0 Å². The number of nitrogens with one attached hydrogen (secondary N) is 1. The molecule has 0 aromatic heterocycles. The van der Waals surface area contributed by atoms with Crippen molar-refractivity contribution in [3.05, 3.63) is 23.8 Å². The predicted octanol–water partition coefficient (Wildman–Crippen LogP) is 0.986. The van der Waals surface area contributed by atoms with Crippen LogP contribution in [-0.4, -0.2) is 46.0 Å². The Kier molecular flexibility index (Phi) is 4.13. The van der Waals surface area contributed by atoms with Crippen LogP contribution >= 0.6 is 0 Å². The van der Waals surface area contributed by atoms with Crippen molar-refractivity contribution >= 4 is 10.0 Å². The van der Waals surface area contributed by atoms with Gasteiger partial charge < -0.3 is 10.1 Å². The van der Waals surface area contributed by atoms with Crippen LogP contribution in [0.15, 0.2) is 23.1 Å². The van der Waals surface area contributed by atoms with E-state index in [-0.39, 0.29) is 6.04 Å². The maximum atomic E-state index is 12.6. The van der Waals surface area contributed by atoms with Crippen LogP contribution in [0, 0.1) is 6.92 Å². The van der Waals surface area contributed by atoms with Gasteiger partial charge in [0, 0.05) is 19.6 Å². The molecule has 0 radical (unpaired) electrons. The maximum absolute atomic E-state index is 12.6. The van der Waals surface area contributed by atoms with Crippen molar-refractivity contribution in [2.24, 2.45) is 0 Å². The van der Waals surface area contributed by atoms with E-state index in [1.807, 2.05) is 0 Å². The van der Waals surface area contributed by atoms with E-state index in [0.717, 1.165) is 13.0 Å². The second kappa shape index (κ2) is 5.48. The molecule has 1 aliphatic rings. The number of ether oxygens (including phenoxy) is 1. The van der Waals surface area contributed by atoms with Crippen LogP contribution in [0.3, 0.4) is 0 Å². The molecule has 0 amide bonds. The van der Waals surface area contributed by atoms with Gasteiger partial charge in [0.1, 0.15) is 5.75 Å². The predicted molar refractivity (Wildman–Crippen MR) is 74.0 cm³/mol. The molecule has 6 heteroatoms. The Balaban J connectivity index is 2.33. The number of rotatable bonds is 4. The highest BCUT2D eigenvalue weighted by Gasteiger charge is 2.30. The molecule has 1 aliphatic heterocycles. The third-order valence-electron chi connectivity index (χ3n) is 3.59. The summed E-state index contributed by atoms with van der Waals surface area (Å²) in [5, 5.41) is 3.18. The van der Waals surface area contributed by atoms with E-state index >= 15 is 0 Å². The minimum Gasteiger partial charge on any atom is -0.497 e. The largest absolute Gasteiger partial charge is 0.497 e. The van der Waals surface area contributed by atoms with E-state index in [0.29, 0.717) is 22.8 Å². The highest BCUT2D eigenvalue weighted by molar-refractivity contribution is 7.89. The summed E-state index contributed by atoms with van der Waals surface area (Å²) in [6, 6.07) is 5.07. The summed E-state index contributed by atoms with van der Waals surface area (Å²) >= 11 is 0. The second-order valence-electron chi connectivity index (χ2n) is 4.80. The number of sulfonamides is 1. The highest BCUT2D eigenvalue weighted by atomic mass is 32.2. The van der Waals surface area contributed by atoms with Crippen LogP contribution in [0.4, 0.5) is 0 Å². The van der Waals surface area contributed by atoms with Gasteiger partial charge in [0.05, 0.1) is 12.0 Å². The van der Waals surface area contributed by atoms with Crippen LogP contribution in [0.5, 0.6) is 5.75 Å². The van der Waals surface area contributed by atoms with E-state index in [1.165, 1.54) is 4.31 Å². The number of benzene rings is 1. The molecule has 0 spiro atoms. The number of nitrogens with zero attached hydrogens (tertiary/aromatic N) is 1. The highest BCUT2D eigenvalue weighted by Crippen LogP contribution is 2.25. The van der Waals surface area contributed by atoms with Crippen molar-refractivity contribution in [3.63, 3.8) is 0 Å². The summed E-state index contributed by atoms with van der Waals surface area (Å²) in [6.45, 7) is 3.37. The number of likely N-dealkylation sites (N-methyl/N-ethyl adjacent to an activating group) is 1. The van der Waals surface area contributed by atoms with Crippen LogP contribution in [-0.2, 0) is 10.0 Å². The van der Waals surface area contributed by atoms with Crippen molar-refractivity contribution in [2.45, 2.75) is 24.3 Å². The fourth-order valence-electron chi connectivity index (χ4n) is 2.34. The first-order valence-electron chi connectivity index (χ1n) is 6.30. The lowest BCUT2D eigenvalue weighted by molar-refractivity contribution is 0.387. The summed E-state index contributed by atoms with van der Waals surface area (Å²) in [7, 11) is -0.222. The number of hydrogen-bond donors (Lipinski definition) is 1. The van der Waals surface area contributed by atoms with Gasteiger partial charge in [0.15, 0.2) is 0 Å². The Morgan fingerprint density at radius 3 is 2.68 bits per heavy atom. The molecular weight excluding hydrogens is 264 g/mol. The van der Waals surface area contributed by atoms with Crippen LogP contribution in [0.1, 0.15) is 12.0 Å². The van der Waals surface area contributed by atoms with E-state index in [1.54, 1.807) is 39.3 Å². The van der Waals surface area contributed by atoms with Crippen LogP contribution in [0.25, 0.3) is 0 Å². The van der Waals surface area contributed by atoms with E-state index in [4.69, 9.17) is 4.74 Å². The molecular formula is C13H20N2O3S. The molecule has 5 nitrogen and oxygen atoms in total. The number of aryl methyl sites for hydroxylation is 1. The molecule has 1 N–H and O–H groups in total. The Morgan fingerprint density at radius 1 is 1.42 bits per heavy atom. The first-order chi connectivity index (χ1) is 8.96. The number of hydrogen-bond acceptors (Lipinski definition) is 4. The smallest absolute Gasteiger partial charge is 0.243 e. The summed E-state index contributed by atoms with van der Waals surface area (Å²) < 4.78 is 31.8. The fraction of sp³-hybridized carbons (Fsp3) is 0.538. The van der Waals surface area contributed by atoms with E-state index in [9.17, 15) is 8.42 Å². The number of methoxy groups -OCH3 is 1. The van der Waals surface area contributed by atoms with Crippen molar-refractivity contribution in [2.75, 3.05) is 27.2 Å². The molecule has 0 bridgehead atoms. The third kappa shape index (κ3) is 2.75. The lowest BCUT2D eigenvalue weighted by Gasteiger charge is -2.24. The van der Waals surface area contributed by atoms with E-state index in [2.05, 4.69) is 5.32 Å². The average molecular weight is 284 g/mol. The maximum Gasteiger partial charge on any atom is 0.243 e. The molecule has 0 aliphatic carbocycles. The zero-order chi connectivity index (χ0) is 14.0. The first kappa shape index (κ1) is 14.3. The molecule has 1 heterocycles. The quantitative estimate of drug-likeness (QED) is 0.895. The van der Waals surface area contributed by atoms with Crippen molar-refractivity contribution in [1.82, 2.24) is 9.62 Å². The topological polar surface area (TPSA) is 58.6 Å². The lowest BCUT2D eigenvalue weighted by atomic mass is 10.2. The molecule has 1 aromatic rings. The fourth-order valence-corrected chi connectivity index (χ4v) is 3.93. The lowest BCUT2D eigenvalue weighted by Crippen LogP contribution is -2.38. The van der Waals surface area contributed by atoms with Gasteiger partial charge in [-0.15, -0.1) is 0 Å². The Bertz CT molecular complexity index is 551. The first-order valence-corrected chi connectivity index (χ1v) is 7.74. The van der Waals surface area contributed by atoms with Gasteiger partial charge in [-0.1, -0.05) is 0 Å². The monoisotopic (exact) mass is 284 g/mol. The van der Waals surface area contributed by atoms with Crippen molar-refractivity contribution in [3.8, 4) is 5.75 Å². The zero-order valence-corrected chi connectivity index (χ0v) is 12.3. The second-order valence-corrected chi connectivity index (χ2v) is 6.77. The summed E-state index contributed by atoms with van der Waals surface area (Å²) in [5.74, 6) is 0.668. The Morgan fingerprint density at radius 2 is 2.16 bits per heavy atom. The molecule has 1 aromatic carbocycles. The molecule has 1 unspecified atom stereocenters. The molecule has 1 saturated heterocycles. The van der Waals surface area contributed by atoms with E-state index < -0.39 is 10.0 Å². The van der Waals surface area contributed by atoms with Gasteiger partial charge in [-0.2, -0.15) is 4.31 Å². The van der Waals surface area contributed by atoms with Gasteiger partial charge in [0.2, 0.25) is 10.0 Å².